The maximum Gasteiger partial charge on any atom is 0.160 e. The van der Waals surface area contributed by atoms with Crippen molar-refractivity contribution in [2.45, 2.75) is 13.3 Å². The van der Waals surface area contributed by atoms with Gasteiger partial charge in [0.25, 0.3) is 0 Å². The van der Waals surface area contributed by atoms with E-state index < -0.39 is 0 Å². The summed E-state index contributed by atoms with van der Waals surface area (Å²) < 4.78 is 1.91. The fraction of sp³-hybridized carbons (Fsp3) is 0.133. The number of Topliss-reactive ketones (excluding diaryl/α,β-unsaturated/α-hetero) is 1. The van der Waals surface area contributed by atoms with Gasteiger partial charge in [0.15, 0.2) is 5.78 Å². The fourth-order valence-corrected chi connectivity index (χ4v) is 2.43. The number of fused-ring (bicyclic) bond motifs is 1. The van der Waals surface area contributed by atoms with Crippen LogP contribution in [0.4, 0.5) is 5.69 Å². The largest absolute Gasteiger partial charge is 0.294 e. The molecule has 0 saturated heterocycles. The molecule has 4 heteroatoms. The lowest BCUT2D eigenvalue weighted by Crippen LogP contribution is -2.36. The lowest BCUT2D eigenvalue weighted by molar-refractivity contribution is -0.112. The first-order valence-corrected chi connectivity index (χ1v) is 6.47. The summed E-state index contributed by atoms with van der Waals surface area (Å²) >= 11 is 6.14. The number of carbonyl (C=O) groups is 1. The van der Waals surface area contributed by atoms with Crippen LogP contribution in [0.25, 0.3) is 12.2 Å². The van der Waals surface area contributed by atoms with E-state index in [0.29, 0.717) is 11.4 Å². The van der Waals surface area contributed by atoms with Crippen LogP contribution in [-0.4, -0.2) is 10.5 Å². The number of para-hydroxylation sites is 1. The van der Waals surface area contributed by atoms with Crippen LogP contribution in [0.1, 0.15) is 12.0 Å². The van der Waals surface area contributed by atoms with Gasteiger partial charge < -0.3 is 0 Å². The number of aromatic nitrogens is 1. The third-order valence-electron chi connectivity index (χ3n) is 3.20. The smallest absolute Gasteiger partial charge is 0.160 e. The molecule has 1 aromatic heterocycles. The third kappa shape index (κ3) is 2.17. The minimum absolute atomic E-state index is 0.145. The Kier molecular flexibility index (Phi) is 2.91. The lowest BCUT2D eigenvalue weighted by Gasteiger charge is -2.10. The highest BCUT2D eigenvalue weighted by Crippen LogP contribution is 2.20. The Morgan fingerprint density at radius 3 is 2.89 bits per heavy atom. The molecule has 1 aliphatic carbocycles. The SMILES string of the molecule is Cc1cn(Nc2ccccc2Cl)c2c1=CC(=O)CC=2. The van der Waals surface area contributed by atoms with Gasteiger partial charge in [0.05, 0.1) is 16.1 Å². The Hall–Kier alpha value is -2.00. The number of hydrogen-bond acceptors (Lipinski definition) is 2. The number of halogens is 1. The predicted octanol–water partition coefficient (Wildman–Crippen LogP) is 1.86. The normalized spacial score (nSPS) is 13.5. The Balaban J connectivity index is 2.10. The van der Waals surface area contributed by atoms with Gasteiger partial charge in [-0.05, 0) is 30.7 Å². The minimum atomic E-state index is 0.145. The molecule has 0 radical (unpaired) electrons. The van der Waals surface area contributed by atoms with Crippen LogP contribution in [0.2, 0.25) is 5.02 Å². The second-order valence-electron chi connectivity index (χ2n) is 4.59. The third-order valence-corrected chi connectivity index (χ3v) is 3.53. The summed E-state index contributed by atoms with van der Waals surface area (Å²) in [5.74, 6) is 0.145. The molecule has 1 heterocycles. The van der Waals surface area contributed by atoms with Crippen LogP contribution in [0, 0.1) is 6.92 Å². The zero-order valence-electron chi connectivity index (χ0n) is 10.5. The quantitative estimate of drug-likeness (QED) is 0.905. The van der Waals surface area contributed by atoms with Crippen LogP contribution in [0.3, 0.4) is 0 Å². The van der Waals surface area contributed by atoms with Gasteiger partial charge in [0, 0.05) is 17.8 Å². The number of carbonyl (C=O) groups excluding carboxylic acids is 1. The van der Waals surface area contributed by atoms with Gasteiger partial charge in [0.1, 0.15) is 0 Å². The number of hydrogen-bond donors (Lipinski definition) is 1. The zero-order chi connectivity index (χ0) is 13.4. The van der Waals surface area contributed by atoms with Gasteiger partial charge in [-0.15, -0.1) is 0 Å². The molecule has 1 aliphatic rings. The Morgan fingerprint density at radius 1 is 1.32 bits per heavy atom. The molecular formula is C15H13ClN2O. The number of nitrogens with zero attached hydrogens (tertiary/aromatic N) is 1. The number of benzene rings is 1. The molecule has 0 fully saturated rings. The molecule has 2 aromatic rings. The molecule has 0 amide bonds. The molecule has 0 saturated carbocycles. The molecule has 96 valence electrons. The molecule has 0 spiro atoms. The van der Waals surface area contributed by atoms with E-state index in [1.165, 1.54) is 0 Å². The van der Waals surface area contributed by atoms with Gasteiger partial charge in [0.2, 0.25) is 0 Å². The molecule has 1 aromatic carbocycles. The number of rotatable bonds is 2. The van der Waals surface area contributed by atoms with Crippen molar-refractivity contribution in [1.29, 1.82) is 0 Å². The van der Waals surface area contributed by atoms with Crippen molar-refractivity contribution >= 4 is 35.2 Å². The summed E-state index contributed by atoms with van der Waals surface area (Å²) in [4.78, 5) is 11.5. The van der Waals surface area contributed by atoms with Gasteiger partial charge in [-0.3, -0.25) is 14.9 Å². The van der Waals surface area contributed by atoms with Gasteiger partial charge in [-0.1, -0.05) is 29.8 Å². The molecule has 0 unspecified atom stereocenters. The van der Waals surface area contributed by atoms with Gasteiger partial charge in [-0.25, -0.2) is 0 Å². The van der Waals surface area contributed by atoms with Crippen LogP contribution < -0.4 is 16.0 Å². The van der Waals surface area contributed by atoms with Gasteiger partial charge >= 0.3 is 0 Å². The van der Waals surface area contributed by atoms with E-state index in [9.17, 15) is 4.79 Å². The highest BCUT2D eigenvalue weighted by atomic mass is 35.5. The maximum absolute atomic E-state index is 11.5. The van der Waals surface area contributed by atoms with Crippen molar-refractivity contribution in [2.24, 2.45) is 0 Å². The molecule has 0 aliphatic heterocycles. The van der Waals surface area contributed by atoms with E-state index in [-0.39, 0.29) is 5.78 Å². The maximum atomic E-state index is 11.5. The number of nitrogens with one attached hydrogen (secondary N) is 1. The summed E-state index contributed by atoms with van der Waals surface area (Å²) in [6.07, 6.45) is 6.06. The number of anilines is 1. The van der Waals surface area contributed by atoms with E-state index in [4.69, 9.17) is 11.6 Å². The lowest BCUT2D eigenvalue weighted by atomic mass is 10.1. The highest BCUT2D eigenvalue weighted by Gasteiger charge is 2.09. The first kappa shape index (κ1) is 12.1. The summed E-state index contributed by atoms with van der Waals surface area (Å²) in [6.45, 7) is 1.99. The first-order chi connectivity index (χ1) is 9.15. The summed E-state index contributed by atoms with van der Waals surface area (Å²) in [5, 5.41) is 2.66. The van der Waals surface area contributed by atoms with Crippen molar-refractivity contribution in [3.05, 3.63) is 51.6 Å². The summed E-state index contributed by atoms with van der Waals surface area (Å²) in [5.41, 5.74) is 5.17. The molecular weight excluding hydrogens is 260 g/mol. The fourth-order valence-electron chi connectivity index (χ4n) is 2.25. The topological polar surface area (TPSA) is 34.0 Å². The van der Waals surface area contributed by atoms with Gasteiger partial charge in [-0.2, -0.15) is 0 Å². The minimum Gasteiger partial charge on any atom is -0.294 e. The summed E-state index contributed by atoms with van der Waals surface area (Å²) in [6, 6.07) is 7.58. The molecule has 19 heavy (non-hydrogen) atoms. The van der Waals surface area contributed by atoms with Crippen LogP contribution in [-0.2, 0) is 4.79 Å². The highest BCUT2D eigenvalue weighted by molar-refractivity contribution is 6.33. The first-order valence-electron chi connectivity index (χ1n) is 6.09. The number of aryl methyl sites for hydroxylation is 1. The Morgan fingerprint density at radius 2 is 2.11 bits per heavy atom. The average molecular weight is 273 g/mol. The Labute approximate surface area is 115 Å². The van der Waals surface area contributed by atoms with Crippen LogP contribution in [0.15, 0.2) is 30.5 Å². The summed E-state index contributed by atoms with van der Waals surface area (Å²) in [7, 11) is 0. The standard InChI is InChI=1S/C15H13ClN2O/c1-10-9-18(15-7-6-11(19)8-12(10)15)17-14-5-3-2-4-13(14)16/h2-5,7-9,17H,6H2,1H3. The average Bonchev–Trinajstić information content (AvgIpc) is 2.69. The molecule has 0 bridgehead atoms. The van der Waals surface area contributed by atoms with Crippen molar-refractivity contribution in [1.82, 2.24) is 4.68 Å². The van der Waals surface area contributed by atoms with Crippen molar-refractivity contribution in [3.8, 4) is 0 Å². The van der Waals surface area contributed by atoms with Crippen molar-refractivity contribution in [2.75, 3.05) is 5.43 Å². The number of ketones is 1. The van der Waals surface area contributed by atoms with Crippen molar-refractivity contribution < 1.29 is 4.79 Å². The molecule has 0 atom stereocenters. The van der Waals surface area contributed by atoms with Crippen LogP contribution in [0.5, 0.6) is 0 Å². The molecule has 3 rings (SSSR count). The van der Waals surface area contributed by atoms with E-state index >= 15 is 0 Å². The van der Waals surface area contributed by atoms with Crippen molar-refractivity contribution in [3.63, 3.8) is 0 Å². The second-order valence-corrected chi connectivity index (χ2v) is 5.00. The van der Waals surface area contributed by atoms with Crippen LogP contribution >= 0.6 is 11.6 Å². The van der Waals surface area contributed by atoms with E-state index in [1.54, 1.807) is 6.08 Å². The molecule has 1 N–H and O–H groups in total. The zero-order valence-corrected chi connectivity index (χ0v) is 11.2. The second kappa shape index (κ2) is 4.59. The van der Waals surface area contributed by atoms with E-state index in [0.717, 1.165) is 21.8 Å². The molecule has 3 nitrogen and oxygen atoms in total. The van der Waals surface area contributed by atoms with E-state index in [1.807, 2.05) is 48.1 Å². The Bertz CT molecular complexity index is 774. The predicted molar refractivity (Wildman–Crippen MR) is 77.4 cm³/mol. The monoisotopic (exact) mass is 272 g/mol. The van der Waals surface area contributed by atoms with E-state index in [2.05, 4.69) is 5.43 Å².